The fourth-order valence-corrected chi connectivity index (χ4v) is 4.69. The molecule has 0 saturated heterocycles. The topological polar surface area (TPSA) is 85.2 Å². The van der Waals surface area contributed by atoms with Gasteiger partial charge in [-0.15, -0.1) is 0 Å². The molecular formula is C24H34N4O2. The van der Waals surface area contributed by atoms with Gasteiger partial charge in [-0.1, -0.05) is 44.4 Å². The van der Waals surface area contributed by atoms with Crippen LogP contribution in [0.2, 0.25) is 0 Å². The maximum absolute atomic E-state index is 12.9. The molecule has 1 aromatic carbocycles. The highest BCUT2D eigenvalue weighted by Gasteiger charge is 2.37. The van der Waals surface area contributed by atoms with E-state index in [2.05, 4.69) is 35.5 Å². The average molecular weight is 411 g/mol. The normalized spacial score (nSPS) is 23.6. The van der Waals surface area contributed by atoms with Crippen LogP contribution in [0.15, 0.2) is 24.3 Å². The number of benzene rings is 1. The van der Waals surface area contributed by atoms with E-state index in [0.717, 1.165) is 49.8 Å². The van der Waals surface area contributed by atoms with Gasteiger partial charge in [0, 0.05) is 17.8 Å². The van der Waals surface area contributed by atoms with Gasteiger partial charge in [0.1, 0.15) is 5.54 Å². The summed E-state index contributed by atoms with van der Waals surface area (Å²) >= 11 is 0. The highest BCUT2D eigenvalue weighted by atomic mass is 16.2. The third kappa shape index (κ3) is 4.77. The molecule has 1 aliphatic carbocycles. The van der Waals surface area contributed by atoms with E-state index in [1.54, 1.807) is 0 Å². The van der Waals surface area contributed by atoms with Crippen LogP contribution >= 0.6 is 0 Å². The molecule has 0 unspecified atom stereocenters. The maximum atomic E-state index is 12.9. The highest BCUT2D eigenvalue weighted by Crippen LogP contribution is 2.38. The Balaban J connectivity index is 1.77. The molecule has 30 heavy (non-hydrogen) atoms. The van der Waals surface area contributed by atoms with Crippen molar-refractivity contribution in [1.82, 2.24) is 10.6 Å². The number of carbonyl (C=O) groups excluding carboxylic acids is 2. The van der Waals surface area contributed by atoms with Crippen LogP contribution in [-0.4, -0.2) is 36.0 Å². The van der Waals surface area contributed by atoms with E-state index in [-0.39, 0.29) is 36.4 Å². The quantitative estimate of drug-likeness (QED) is 0.750. The summed E-state index contributed by atoms with van der Waals surface area (Å²) in [6.07, 6.45) is 6.07. The Morgan fingerprint density at radius 2 is 1.97 bits per heavy atom. The van der Waals surface area contributed by atoms with Crippen molar-refractivity contribution in [3.63, 3.8) is 0 Å². The minimum atomic E-state index is -0.730. The molecule has 6 nitrogen and oxygen atoms in total. The van der Waals surface area contributed by atoms with Gasteiger partial charge in [0.25, 0.3) is 0 Å². The fraction of sp³-hybridized carbons (Fsp3) is 0.625. The van der Waals surface area contributed by atoms with Gasteiger partial charge in [0.15, 0.2) is 0 Å². The molecule has 3 rings (SSSR count). The standard InChI is InChI=1S/C24H34N4O2/c1-4-17(2)26-23(30)20-14-18(3)28(21-11-7-6-10-19(20)21)15-22(29)27-24(16-25)12-8-5-9-13-24/h6-7,10-11,17-18,20H,4-5,8-9,12-15H2,1-3H3,(H,26,30)(H,27,29)/t17-,18-,20+/m0/s1. The second-order valence-electron chi connectivity index (χ2n) is 8.94. The van der Waals surface area contributed by atoms with Crippen molar-refractivity contribution in [2.45, 2.75) is 89.3 Å². The number of para-hydroxylation sites is 1. The van der Waals surface area contributed by atoms with E-state index >= 15 is 0 Å². The second kappa shape index (κ2) is 9.51. The van der Waals surface area contributed by atoms with Crippen LogP contribution in [-0.2, 0) is 9.59 Å². The number of amides is 2. The molecule has 2 amide bonds. The number of hydrogen-bond acceptors (Lipinski definition) is 4. The molecule has 6 heteroatoms. The summed E-state index contributed by atoms with van der Waals surface area (Å²) in [4.78, 5) is 27.9. The van der Waals surface area contributed by atoms with Crippen molar-refractivity contribution >= 4 is 17.5 Å². The molecule has 1 saturated carbocycles. The first-order valence-electron chi connectivity index (χ1n) is 11.3. The SMILES string of the molecule is CC[C@H](C)NC(=O)[C@@H]1C[C@H](C)N(CC(=O)NC2(C#N)CCCCC2)c2ccccc21. The number of fused-ring (bicyclic) bond motifs is 1. The van der Waals surface area contributed by atoms with Gasteiger partial charge in [-0.2, -0.15) is 5.26 Å². The first kappa shape index (κ1) is 22.1. The second-order valence-corrected chi connectivity index (χ2v) is 8.94. The lowest BCUT2D eigenvalue weighted by Gasteiger charge is -2.41. The monoisotopic (exact) mass is 410 g/mol. The molecule has 1 fully saturated rings. The van der Waals surface area contributed by atoms with Crippen LogP contribution in [0.5, 0.6) is 0 Å². The Morgan fingerprint density at radius 1 is 1.27 bits per heavy atom. The zero-order chi connectivity index (χ0) is 21.7. The smallest absolute Gasteiger partial charge is 0.240 e. The van der Waals surface area contributed by atoms with Crippen molar-refractivity contribution < 1.29 is 9.59 Å². The van der Waals surface area contributed by atoms with Crippen molar-refractivity contribution in [2.75, 3.05) is 11.4 Å². The molecule has 3 atom stereocenters. The van der Waals surface area contributed by atoms with Crippen LogP contribution in [0, 0.1) is 11.3 Å². The van der Waals surface area contributed by atoms with Crippen molar-refractivity contribution in [3.05, 3.63) is 29.8 Å². The van der Waals surface area contributed by atoms with Crippen LogP contribution in [0.1, 0.15) is 77.2 Å². The van der Waals surface area contributed by atoms with Gasteiger partial charge in [-0.05, 0) is 51.2 Å². The third-order valence-electron chi connectivity index (χ3n) is 6.66. The molecule has 1 heterocycles. The fourth-order valence-electron chi connectivity index (χ4n) is 4.69. The number of nitrogens with zero attached hydrogens (tertiary/aromatic N) is 2. The third-order valence-corrected chi connectivity index (χ3v) is 6.66. The zero-order valence-electron chi connectivity index (χ0n) is 18.4. The molecular weight excluding hydrogens is 376 g/mol. The molecule has 0 radical (unpaired) electrons. The number of rotatable bonds is 6. The number of hydrogen-bond donors (Lipinski definition) is 2. The number of anilines is 1. The summed E-state index contributed by atoms with van der Waals surface area (Å²) in [6.45, 7) is 6.33. The van der Waals surface area contributed by atoms with Gasteiger partial charge in [0.05, 0.1) is 18.5 Å². The Bertz CT molecular complexity index is 810. The summed E-state index contributed by atoms with van der Waals surface area (Å²) in [5.41, 5.74) is 1.18. The summed E-state index contributed by atoms with van der Waals surface area (Å²) in [5, 5.41) is 15.8. The average Bonchev–Trinajstić information content (AvgIpc) is 2.75. The first-order chi connectivity index (χ1) is 14.4. The predicted octanol–water partition coefficient (Wildman–Crippen LogP) is 3.63. The first-order valence-corrected chi connectivity index (χ1v) is 11.3. The molecule has 2 aliphatic rings. The lowest BCUT2D eigenvalue weighted by atomic mass is 9.82. The van der Waals surface area contributed by atoms with Crippen LogP contribution in [0.25, 0.3) is 0 Å². The van der Waals surface area contributed by atoms with Gasteiger partial charge < -0.3 is 15.5 Å². The Labute approximate surface area is 180 Å². The number of nitrogens with one attached hydrogen (secondary N) is 2. The number of carbonyl (C=O) groups is 2. The van der Waals surface area contributed by atoms with E-state index < -0.39 is 5.54 Å². The van der Waals surface area contributed by atoms with Crippen LogP contribution in [0.3, 0.4) is 0 Å². The lowest BCUT2D eigenvalue weighted by molar-refractivity contribution is -0.123. The molecule has 162 valence electrons. The van der Waals surface area contributed by atoms with Crippen LogP contribution < -0.4 is 15.5 Å². The van der Waals surface area contributed by atoms with Crippen molar-refractivity contribution in [1.29, 1.82) is 5.26 Å². The van der Waals surface area contributed by atoms with Crippen molar-refractivity contribution in [3.8, 4) is 6.07 Å². The Hall–Kier alpha value is -2.55. The number of nitriles is 1. The minimum Gasteiger partial charge on any atom is -0.359 e. The van der Waals surface area contributed by atoms with Crippen LogP contribution in [0.4, 0.5) is 5.69 Å². The molecule has 1 aromatic rings. The largest absolute Gasteiger partial charge is 0.359 e. The molecule has 0 spiro atoms. The van der Waals surface area contributed by atoms with Crippen molar-refractivity contribution in [2.24, 2.45) is 0 Å². The summed E-state index contributed by atoms with van der Waals surface area (Å²) in [6, 6.07) is 10.4. The van der Waals surface area contributed by atoms with Gasteiger partial charge in [-0.3, -0.25) is 9.59 Å². The van der Waals surface area contributed by atoms with E-state index in [1.807, 2.05) is 31.2 Å². The molecule has 2 N–H and O–H groups in total. The maximum Gasteiger partial charge on any atom is 0.240 e. The molecule has 0 aromatic heterocycles. The van der Waals surface area contributed by atoms with E-state index in [0.29, 0.717) is 6.42 Å². The summed E-state index contributed by atoms with van der Waals surface area (Å²) in [5.74, 6) is -0.283. The van der Waals surface area contributed by atoms with Gasteiger partial charge in [-0.25, -0.2) is 0 Å². The van der Waals surface area contributed by atoms with E-state index in [1.165, 1.54) is 0 Å². The summed E-state index contributed by atoms with van der Waals surface area (Å²) in [7, 11) is 0. The van der Waals surface area contributed by atoms with E-state index in [4.69, 9.17) is 0 Å². The Kier molecular flexibility index (Phi) is 7.02. The lowest BCUT2D eigenvalue weighted by Crippen LogP contribution is -2.54. The van der Waals surface area contributed by atoms with Gasteiger partial charge >= 0.3 is 0 Å². The van der Waals surface area contributed by atoms with Gasteiger partial charge in [0.2, 0.25) is 11.8 Å². The summed E-state index contributed by atoms with van der Waals surface area (Å²) < 4.78 is 0. The predicted molar refractivity (Wildman–Crippen MR) is 118 cm³/mol. The minimum absolute atomic E-state index is 0.0442. The Morgan fingerprint density at radius 3 is 2.63 bits per heavy atom. The zero-order valence-corrected chi connectivity index (χ0v) is 18.4. The molecule has 1 aliphatic heterocycles. The molecule has 0 bridgehead atoms. The van der Waals surface area contributed by atoms with E-state index in [9.17, 15) is 14.9 Å². The highest BCUT2D eigenvalue weighted by molar-refractivity contribution is 5.88.